The zero-order valence-corrected chi connectivity index (χ0v) is 77.7. The molecule has 0 radical (unpaired) electrons. The summed E-state index contributed by atoms with van der Waals surface area (Å²) in [5.41, 5.74) is 15.5. The van der Waals surface area contributed by atoms with Gasteiger partial charge in [-0.05, 0) is 128 Å². The summed E-state index contributed by atoms with van der Waals surface area (Å²) in [7, 11) is 0. The van der Waals surface area contributed by atoms with Gasteiger partial charge in [0.1, 0.15) is 65.8 Å². The van der Waals surface area contributed by atoms with Crippen LogP contribution in [0.2, 0.25) is 0 Å². The lowest BCUT2D eigenvalue weighted by atomic mass is 9.85. The summed E-state index contributed by atoms with van der Waals surface area (Å²) in [6, 6.07) is 12.5. The third kappa shape index (κ3) is 33.6. The third-order valence-corrected chi connectivity index (χ3v) is 24.4. The number of ketones is 2. The number of hydrogen-bond donors (Lipinski definition) is 21. The molecule has 716 valence electrons. The number of H-pyrrole nitrogens is 2. The number of hydrogen-bond acceptors (Lipinski definition) is 23. The molecule has 4 aromatic carbocycles. The monoisotopic (exact) mass is 1870 g/mol. The molecular weight excluding hydrogens is 1750 g/mol. The van der Waals surface area contributed by atoms with Crippen molar-refractivity contribution in [3.8, 4) is 5.75 Å². The van der Waals surface area contributed by atoms with Crippen LogP contribution in [0.3, 0.4) is 0 Å². The van der Waals surface area contributed by atoms with Gasteiger partial charge in [-0.2, -0.15) is 23.5 Å². The Labute approximate surface area is 779 Å². The number of aromatic hydroxyl groups is 1. The molecule has 1 aliphatic heterocycles. The maximum Gasteiger partial charge on any atom is 0.303 e. The minimum atomic E-state index is -1.93. The van der Waals surface area contributed by atoms with E-state index in [9.17, 15) is 58.8 Å². The fourth-order valence-corrected chi connectivity index (χ4v) is 17.0. The number of Topliss-reactive ketones (excluding diaryl/α,β-unsaturated/α-hetero) is 2. The number of primary amides is 1. The maximum absolute atomic E-state index is 15.5. The van der Waals surface area contributed by atoms with Gasteiger partial charge in [-0.3, -0.25) is 77.3 Å². The Bertz CT molecular complexity index is 5220. The van der Waals surface area contributed by atoms with E-state index in [2.05, 4.69) is 83.7 Å². The number of thioether (sulfide) groups is 2. The number of phenolic OH excluding ortho intramolecular Hbond substituents is 1. The fourth-order valence-electron chi connectivity index (χ4n) is 15.0. The highest BCUT2D eigenvalue weighted by molar-refractivity contribution is 7.98. The average Bonchev–Trinajstić information content (AvgIpc) is 1.72. The van der Waals surface area contributed by atoms with Crippen LogP contribution in [0.25, 0.3) is 11.0 Å². The van der Waals surface area contributed by atoms with Gasteiger partial charge in [-0.1, -0.05) is 126 Å². The first kappa shape index (κ1) is 105. The van der Waals surface area contributed by atoms with Crippen molar-refractivity contribution in [3.05, 3.63) is 179 Å². The largest absolute Gasteiger partial charge is 0.508 e. The van der Waals surface area contributed by atoms with Crippen LogP contribution in [0.1, 0.15) is 152 Å². The number of fused-ring (bicyclic) bond motifs is 3. The number of aryl methyl sites for hydroxylation is 1. The number of phenols is 1. The molecule has 0 aliphatic carbocycles. The number of anilines is 1. The fraction of sp³-hybridized carbons (Fsp3) is 0.462. The molecule has 38 nitrogen and oxygen atoms in total. The van der Waals surface area contributed by atoms with Crippen LogP contribution in [-0.2, 0) is 116 Å². The van der Waals surface area contributed by atoms with Crippen molar-refractivity contribution in [2.75, 3.05) is 16.8 Å². The first-order chi connectivity index (χ1) is 63.0. The van der Waals surface area contributed by atoms with Crippen LogP contribution in [0, 0.1) is 35.5 Å². The minimum Gasteiger partial charge on any atom is -0.508 e. The number of carboxylic acid groups (broad SMARTS) is 1. The number of aromatic amines is 2. The lowest BCUT2D eigenvalue weighted by Gasteiger charge is -2.33. The number of carbonyl (C=O) groups is 15. The number of nitrogens with zero attached hydrogens (tertiary/aromatic N) is 2. The molecule has 8 rings (SSSR count). The van der Waals surface area contributed by atoms with Gasteiger partial charge in [-0.25, -0.2) is 9.97 Å². The third-order valence-electron chi connectivity index (χ3n) is 22.2. The number of benzene rings is 4. The molecule has 7 aromatic rings. The van der Waals surface area contributed by atoms with E-state index < -0.39 is 216 Å². The molecule has 0 saturated carbocycles. The maximum atomic E-state index is 15.5. The molecule has 1 unspecified atom stereocenters. The molecule has 0 saturated heterocycles. The van der Waals surface area contributed by atoms with Gasteiger partial charge in [0.2, 0.25) is 70.9 Å². The summed E-state index contributed by atoms with van der Waals surface area (Å²) in [6.07, 6.45) is -1.42. The second-order valence-electron chi connectivity index (χ2n) is 35.0. The minimum absolute atomic E-state index is 0.0216. The number of carbonyl (C=O) groups excluding carboxylic acids is 14. The summed E-state index contributed by atoms with van der Waals surface area (Å²) in [6.45, 7) is 15.5. The molecule has 23 N–H and O–H groups in total. The quantitative estimate of drug-likeness (QED) is 0.0305. The highest BCUT2D eigenvalue weighted by Gasteiger charge is 2.42. The molecule has 40 heteroatoms. The summed E-state index contributed by atoms with van der Waals surface area (Å²) >= 11 is 2.40. The van der Waals surface area contributed by atoms with Gasteiger partial charge in [0.05, 0.1) is 42.5 Å². The Morgan fingerprint density at radius 1 is 0.602 bits per heavy atom. The lowest BCUT2D eigenvalue weighted by Crippen LogP contribution is -2.61. The van der Waals surface area contributed by atoms with Crippen molar-refractivity contribution < 1.29 is 92.3 Å². The highest BCUT2D eigenvalue weighted by atomic mass is 32.2. The number of aliphatic hydroxyl groups excluding tert-OH is 2. The SMILES string of the molecule is CCC[C@@H]1NC(=O)[C@H](Cc2ccc(C)cc2)NC(=O)[C@H](CCC(=O)O)NC(=O)[C@H](CC(C)C)NC(=O)[C@H](Cc2c[nH]c3ncccc23)NC(=O)[C@H]([C@@H](C)O)NC(=O)[C@H](Cc2cnc[nH]2)CC(=O)[C@H](Cc2ccc(O)cc2)NC(=O)C(C(C)(C)C)NC(=O)[C@@H](NC(=O)[C@H](Cc2ccc(NC(=N)N)cc2)NC(C)=O)CSCc2cccc(c2)CSC[C@@H](C(N)=O)NC(=O)[C@H]([C@@H](C)O)CC1=O. The summed E-state index contributed by atoms with van der Waals surface area (Å²) in [5, 5.41) is 83.8. The summed E-state index contributed by atoms with van der Waals surface area (Å²) < 4.78 is 0. The van der Waals surface area contributed by atoms with E-state index in [-0.39, 0.29) is 86.1 Å². The number of nitrogens with one attached hydrogen (secondary N) is 15. The van der Waals surface area contributed by atoms with E-state index in [0.717, 1.165) is 11.1 Å². The van der Waals surface area contributed by atoms with Gasteiger partial charge in [-0.15, -0.1) is 0 Å². The normalized spacial score (nSPS) is 22.5. The number of amides is 12. The van der Waals surface area contributed by atoms with E-state index >= 15 is 33.6 Å². The van der Waals surface area contributed by atoms with Crippen molar-refractivity contribution in [3.63, 3.8) is 0 Å². The van der Waals surface area contributed by atoms with Crippen molar-refractivity contribution in [1.82, 2.24) is 78.4 Å². The number of guanidine groups is 1. The van der Waals surface area contributed by atoms with Crippen molar-refractivity contribution >= 4 is 135 Å². The molecule has 1 aliphatic rings. The molecule has 12 amide bonds. The number of nitrogens with two attached hydrogens (primary N) is 2. The Morgan fingerprint density at radius 3 is 1.77 bits per heavy atom. The van der Waals surface area contributed by atoms with Crippen LogP contribution in [0.4, 0.5) is 5.69 Å². The predicted molar refractivity (Wildman–Crippen MR) is 500 cm³/mol. The number of imidazole rings is 1. The average molecular weight is 1880 g/mol. The topological polar surface area (TPSA) is 615 Å². The number of aromatic nitrogens is 4. The smallest absolute Gasteiger partial charge is 0.303 e. The standard InChI is InChI=1S/C93H123N19O19S2/c1-11-14-66-76(118)41-65(51(5)113)83(123)109-73(80(94)121)46-132-44-57-15-12-16-58(34-57)45-133-47-74(110-86(126)70(101-53(7)115)36-55-22-26-61(27-23-55)102-92(95)96)89(129)112-79(93(8,9)10)91(131)105-68(35-56-24-28-63(116)29-25-56)75(117)40-59(38-62-43-97-48-100-62)82(122)111-78(52(6)114)90(130)108-72(39-60-42-99-81-64(60)17-13-32-98-81)88(128)106-69(33-49(2)3)85(125)104-67(30-31-77(119)120)84(124)107-71(87(127)103-66)37-54-20-18-50(4)19-21-54/h12-13,15-29,32,34,42-43,48-49,51-52,59,65-74,78-79,113-114,116H,11,14,30-31,33,35-41,44-47H2,1-10H3,(H2,94,121)(H,97,100)(H,98,99)(H,101,115)(H,103,127)(H,104,125)(H,105,131)(H,106,128)(H,107,124)(H,108,130)(H,109,123)(H,110,126)(H,111,122)(H,112,129)(H,119,120)(H4,95,96,102)/t51-,52-,59-,65+,66+,67+,68+,69+,70+,71+,72+,73+,74+,78+,79?/m1/s1. The van der Waals surface area contributed by atoms with Crippen LogP contribution >= 0.6 is 23.5 Å². The van der Waals surface area contributed by atoms with Crippen LogP contribution in [0.5, 0.6) is 5.75 Å². The first-order valence-electron chi connectivity index (χ1n) is 43.9. The number of carboxylic acids is 1. The zero-order chi connectivity index (χ0) is 97.5. The van der Waals surface area contributed by atoms with Crippen molar-refractivity contribution in [1.29, 1.82) is 5.41 Å². The van der Waals surface area contributed by atoms with Crippen molar-refractivity contribution in [2.45, 2.75) is 236 Å². The lowest BCUT2D eigenvalue weighted by molar-refractivity contribution is -0.139. The highest BCUT2D eigenvalue weighted by Crippen LogP contribution is 2.27. The van der Waals surface area contributed by atoms with Gasteiger partial charge in [0.25, 0.3) is 0 Å². The second-order valence-corrected chi connectivity index (χ2v) is 37.0. The Hall–Kier alpha value is -13.1. The second kappa shape index (κ2) is 50.5. The number of aliphatic hydroxyl groups is 2. The number of rotatable bonds is 24. The molecule has 4 heterocycles. The van der Waals surface area contributed by atoms with Crippen LogP contribution in [-0.4, -0.2) is 225 Å². The first-order valence-corrected chi connectivity index (χ1v) is 46.2. The molecule has 2 bridgehead atoms. The van der Waals surface area contributed by atoms with Gasteiger partial charge in [0.15, 0.2) is 17.5 Å². The van der Waals surface area contributed by atoms with E-state index in [1.54, 1.807) is 120 Å². The molecular formula is C93H123N19O19S2. The van der Waals surface area contributed by atoms with E-state index in [1.807, 2.05) is 13.0 Å². The molecule has 0 spiro atoms. The molecule has 0 fully saturated rings. The zero-order valence-electron chi connectivity index (χ0n) is 76.0. The Morgan fingerprint density at radius 2 is 1.18 bits per heavy atom. The van der Waals surface area contributed by atoms with Crippen LogP contribution < -0.4 is 75.3 Å². The van der Waals surface area contributed by atoms with E-state index in [0.29, 0.717) is 50.2 Å². The van der Waals surface area contributed by atoms with Gasteiger partial charge in [0, 0.05) is 110 Å². The van der Waals surface area contributed by atoms with Crippen molar-refractivity contribution in [2.24, 2.45) is 34.6 Å². The molecule has 3 aromatic heterocycles. The predicted octanol–water partition coefficient (Wildman–Crippen LogP) is 2.81. The van der Waals surface area contributed by atoms with E-state index in [4.69, 9.17) is 16.9 Å². The Kier molecular flexibility index (Phi) is 40.0. The van der Waals surface area contributed by atoms with E-state index in [1.165, 1.54) is 93.5 Å². The Balaban J connectivity index is 1.20. The summed E-state index contributed by atoms with van der Waals surface area (Å²) in [4.78, 5) is 234. The molecule has 133 heavy (non-hydrogen) atoms. The van der Waals surface area contributed by atoms with Crippen LogP contribution in [0.15, 0.2) is 134 Å². The summed E-state index contributed by atoms with van der Waals surface area (Å²) in [5.74, 6) is -17.9. The van der Waals surface area contributed by atoms with Gasteiger partial charge >= 0.3 is 5.97 Å². The molecule has 15 atom stereocenters. The van der Waals surface area contributed by atoms with Gasteiger partial charge < -0.3 is 106 Å². The number of pyridine rings is 1. The number of aliphatic carboxylic acids is 1.